The van der Waals surface area contributed by atoms with Crippen LogP contribution >= 0.6 is 11.3 Å². The van der Waals surface area contributed by atoms with Gasteiger partial charge in [0.05, 0.1) is 18.8 Å². The van der Waals surface area contributed by atoms with Gasteiger partial charge in [-0.15, -0.1) is 11.3 Å². The number of sulfonamides is 1. The van der Waals surface area contributed by atoms with Crippen LogP contribution in [0.25, 0.3) is 0 Å². The van der Waals surface area contributed by atoms with Gasteiger partial charge in [-0.05, 0) is 60.0 Å². The first-order valence-electron chi connectivity index (χ1n) is 10.5. The minimum absolute atomic E-state index is 0.192. The van der Waals surface area contributed by atoms with Crippen molar-refractivity contribution < 1.29 is 27.5 Å². The number of rotatable bonds is 8. The first-order valence-corrected chi connectivity index (χ1v) is 12.8. The van der Waals surface area contributed by atoms with Crippen molar-refractivity contribution in [3.8, 4) is 0 Å². The van der Waals surface area contributed by atoms with E-state index in [1.807, 2.05) is 12.1 Å². The number of carbonyl (C=O) groups excluding carboxylic acids is 2. The Kier molecular flexibility index (Phi) is 7.46. The van der Waals surface area contributed by atoms with E-state index in [0.717, 1.165) is 30.1 Å². The molecule has 2 N–H and O–H groups in total. The summed E-state index contributed by atoms with van der Waals surface area (Å²) < 4.78 is 37.6. The van der Waals surface area contributed by atoms with Crippen molar-refractivity contribution in [2.45, 2.75) is 4.21 Å². The van der Waals surface area contributed by atoms with Crippen molar-refractivity contribution >= 4 is 50.3 Å². The fourth-order valence-electron chi connectivity index (χ4n) is 3.28. The summed E-state index contributed by atoms with van der Waals surface area (Å²) in [6, 6.07) is 16.3. The van der Waals surface area contributed by atoms with Crippen LogP contribution in [0.4, 0.5) is 17.1 Å². The first kappa shape index (κ1) is 23.7. The smallest absolute Gasteiger partial charge is 0.338 e. The number of thiophene rings is 1. The number of carbonyl (C=O) groups is 2. The SMILES string of the molecule is O=C(COC(=O)c1ccc(NS(=O)(=O)c2cccs2)cc1)Nc1ccc(N2CCOCC2)cc1. The van der Waals surface area contributed by atoms with Crippen molar-refractivity contribution in [1.29, 1.82) is 0 Å². The maximum atomic E-state index is 12.3. The molecule has 3 aromatic rings. The lowest BCUT2D eigenvalue weighted by molar-refractivity contribution is -0.119. The topological polar surface area (TPSA) is 114 Å². The highest BCUT2D eigenvalue weighted by molar-refractivity contribution is 7.94. The van der Waals surface area contributed by atoms with Gasteiger partial charge in [0.1, 0.15) is 4.21 Å². The highest BCUT2D eigenvalue weighted by Crippen LogP contribution is 2.21. The first-order chi connectivity index (χ1) is 16.4. The average molecular weight is 502 g/mol. The molecule has 9 nitrogen and oxygen atoms in total. The Morgan fingerprint density at radius 2 is 1.65 bits per heavy atom. The molecule has 0 saturated carbocycles. The second-order valence-corrected chi connectivity index (χ2v) is 10.2. The van der Waals surface area contributed by atoms with E-state index in [-0.39, 0.29) is 9.77 Å². The van der Waals surface area contributed by atoms with E-state index >= 15 is 0 Å². The van der Waals surface area contributed by atoms with E-state index in [4.69, 9.17) is 9.47 Å². The number of morpholine rings is 1. The standard InChI is InChI=1S/C23H23N3O6S2/c27-21(24-18-7-9-20(10-8-18)26-11-13-31-14-12-26)16-32-23(28)17-3-5-19(6-4-17)25-34(29,30)22-2-1-15-33-22/h1-10,15,25H,11-14,16H2,(H,24,27). The molecule has 0 spiro atoms. The Balaban J connectivity index is 1.25. The van der Waals surface area contributed by atoms with Gasteiger partial charge in [0.2, 0.25) is 0 Å². The molecule has 1 amide bonds. The second-order valence-electron chi connectivity index (χ2n) is 7.39. The molecule has 1 aromatic heterocycles. The number of benzene rings is 2. The van der Waals surface area contributed by atoms with Crippen LogP contribution in [-0.4, -0.2) is 53.2 Å². The lowest BCUT2D eigenvalue weighted by atomic mass is 10.2. The number of anilines is 3. The molecule has 178 valence electrons. The molecule has 2 aromatic carbocycles. The molecule has 1 aliphatic heterocycles. The third-order valence-corrected chi connectivity index (χ3v) is 7.77. The van der Waals surface area contributed by atoms with Gasteiger partial charge in [0, 0.05) is 30.2 Å². The largest absolute Gasteiger partial charge is 0.452 e. The Morgan fingerprint density at radius 1 is 0.971 bits per heavy atom. The predicted molar refractivity (Wildman–Crippen MR) is 130 cm³/mol. The lowest BCUT2D eigenvalue weighted by Crippen LogP contribution is -2.36. The van der Waals surface area contributed by atoms with E-state index in [9.17, 15) is 18.0 Å². The summed E-state index contributed by atoms with van der Waals surface area (Å²) in [6.45, 7) is 2.58. The van der Waals surface area contributed by atoms with Crippen LogP contribution < -0.4 is 14.9 Å². The fraction of sp³-hybridized carbons (Fsp3) is 0.217. The maximum Gasteiger partial charge on any atom is 0.338 e. The molecule has 0 unspecified atom stereocenters. The van der Waals surface area contributed by atoms with Gasteiger partial charge in [-0.25, -0.2) is 13.2 Å². The summed E-state index contributed by atoms with van der Waals surface area (Å²) in [4.78, 5) is 26.6. The minimum atomic E-state index is -3.67. The van der Waals surface area contributed by atoms with Crippen molar-refractivity contribution in [3.05, 3.63) is 71.6 Å². The van der Waals surface area contributed by atoms with Crippen LogP contribution in [0.15, 0.2) is 70.3 Å². The zero-order valence-electron chi connectivity index (χ0n) is 18.1. The summed E-state index contributed by atoms with van der Waals surface area (Å²) >= 11 is 1.10. The van der Waals surface area contributed by atoms with Crippen molar-refractivity contribution in [2.75, 3.05) is 47.8 Å². The number of ether oxygens (including phenoxy) is 2. The molecule has 0 atom stereocenters. The van der Waals surface area contributed by atoms with E-state index in [0.29, 0.717) is 24.6 Å². The van der Waals surface area contributed by atoms with Gasteiger partial charge in [0.25, 0.3) is 15.9 Å². The van der Waals surface area contributed by atoms with Gasteiger partial charge in [0.15, 0.2) is 6.61 Å². The Bertz CT molecular complexity index is 1220. The lowest BCUT2D eigenvalue weighted by Gasteiger charge is -2.28. The van der Waals surface area contributed by atoms with Gasteiger partial charge in [-0.3, -0.25) is 9.52 Å². The third-order valence-electron chi connectivity index (χ3n) is 4.99. The molecule has 0 bridgehead atoms. The van der Waals surface area contributed by atoms with Crippen LogP contribution in [0, 0.1) is 0 Å². The number of hydrogen-bond donors (Lipinski definition) is 2. The molecule has 34 heavy (non-hydrogen) atoms. The Labute approximate surface area is 201 Å². The summed E-state index contributed by atoms with van der Waals surface area (Å²) in [5.74, 6) is -1.15. The number of amides is 1. The molecule has 0 radical (unpaired) electrons. The van der Waals surface area contributed by atoms with Gasteiger partial charge in [-0.1, -0.05) is 6.07 Å². The molecule has 1 saturated heterocycles. The molecular formula is C23H23N3O6S2. The zero-order chi connectivity index (χ0) is 24.0. The molecule has 1 fully saturated rings. The van der Waals surface area contributed by atoms with Crippen molar-refractivity contribution in [1.82, 2.24) is 0 Å². The molecule has 1 aliphatic rings. The Morgan fingerprint density at radius 3 is 2.29 bits per heavy atom. The quantitative estimate of drug-likeness (QED) is 0.456. The van der Waals surface area contributed by atoms with Gasteiger partial charge in [-0.2, -0.15) is 0 Å². The van der Waals surface area contributed by atoms with Crippen LogP contribution in [-0.2, 0) is 24.3 Å². The highest BCUT2D eigenvalue weighted by Gasteiger charge is 2.16. The molecule has 0 aliphatic carbocycles. The summed E-state index contributed by atoms with van der Waals surface area (Å²) in [5, 5.41) is 4.36. The van der Waals surface area contributed by atoms with Crippen molar-refractivity contribution in [3.63, 3.8) is 0 Å². The second kappa shape index (κ2) is 10.7. The monoisotopic (exact) mass is 501 g/mol. The van der Waals surface area contributed by atoms with Crippen LogP contribution in [0.3, 0.4) is 0 Å². The van der Waals surface area contributed by atoms with Crippen LogP contribution in [0.2, 0.25) is 0 Å². The predicted octanol–water partition coefficient (Wildman–Crippen LogP) is 3.18. The maximum absolute atomic E-state index is 12.3. The van der Waals surface area contributed by atoms with Crippen LogP contribution in [0.5, 0.6) is 0 Å². The van der Waals surface area contributed by atoms with Crippen molar-refractivity contribution in [2.24, 2.45) is 0 Å². The average Bonchev–Trinajstić information content (AvgIpc) is 3.40. The Hall–Kier alpha value is -3.41. The molecular weight excluding hydrogens is 478 g/mol. The van der Waals surface area contributed by atoms with E-state index < -0.39 is 28.5 Å². The third kappa shape index (κ3) is 6.13. The fourth-order valence-corrected chi connectivity index (χ4v) is 5.34. The van der Waals surface area contributed by atoms with E-state index in [1.165, 1.54) is 30.3 Å². The number of hydrogen-bond acceptors (Lipinski definition) is 8. The van der Waals surface area contributed by atoms with Gasteiger partial charge >= 0.3 is 5.97 Å². The number of esters is 1. The normalized spacial score (nSPS) is 13.8. The summed E-state index contributed by atoms with van der Waals surface area (Å²) in [5.41, 5.74) is 2.15. The minimum Gasteiger partial charge on any atom is -0.452 e. The summed E-state index contributed by atoms with van der Waals surface area (Å²) in [6.07, 6.45) is 0. The summed E-state index contributed by atoms with van der Waals surface area (Å²) in [7, 11) is -3.67. The molecule has 4 rings (SSSR count). The van der Waals surface area contributed by atoms with E-state index in [2.05, 4.69) is 14.9 Å². The number of nitrogens with zero attached hydrogens (tertiary/aromatic N) is 1. The zero-order valence-corrected chi connectivity index (χ0v) is 19.7. The van der Waals surface area contributed by atoms with Crippen LogP contribution in [0.1, 0.15) is 10.4 Å². The number of nitrogens with one attached hydrogen (secondary N) is 2. The molecule has 2 heterocycles. The highest BCUT2D eigenvalue weighted by atomic mass is 32.2. The van der Waals surface area contributed by atoms with Gasteiger partial charge < -0.3 is 19.7 Å². The van der Waals surface area contributed by atoms with E-state index in [1.54, 1.807) is 23.6 Å². The molecule has 11 heteroatoms.